The molecule has 3 N–H and O–H groups in total. The Labute approximate surface area is 78.7 Å². The van der Waals surface area contributed by atoms with Crippen LogP contribution in [0, 0.1) is 11.8 Å². The van der Waals surface area contributed by atoms with E-state index in [4.69, 9.17) is 5.73 Å². The number of aliphatic hydroxyl groups is 1. The lowest BCUT2D eigenvalue weighted by Crippen LogP contribution is -2.34. The molecule has 1 rings (SSSR count). The minimum atomic E-state index is -0.426. The predicted octanol–water partition coefficient (Wildman–Crippen LogP) is 0.404. The van der Waals surface area contributed by atoms with Crippen molar-refractivity contribution in [1.82, 2.24) is 4.90 Å². The maximum absolute atomic E-state index is 10.8. The lowest BCUT2D eigenvalue weighted by atomic mass is 9.95. The SMILES string of the molecule is CC(C)C[C@H]1CN(C(N)=O)C[C@@H]1O. The van der Waals surface area contributed by atoms with E-state index in [1.165, 1.54) is 4.90 Å². The predicted molar refractivity (Wildman–Crippen MR) is 50.1 cm³/mol. The third kappa shape index (κ3) is 2.59. The highest BCUT2D eigenvalue weighted by Gasteiger charge is 2.33. The monoisotopic (exact) mass is 186 g/mol. The van der Waals surface area contributed by atoms with Crippen molar-refractivity contribution < 1.29 is 9.90 Å². The molecule has 0 unspecified atom stereocenters. The van der Waals surface area contributed by atoms with Crippen LogP contribution < -0.4 is 5.73 Å². The molecule has 1 saturated heterocycles. The number of nitrogens with zero attached hydrogens (tertiary/aromatic N) is 1. The maximum atomic E-state index is 10.8. The number of carbonyl (C=O) groups excluding carboxylic acids is 1. The van der Waals surface area contributed by atoms with Crippen molar-refractivity contribution in [3.8, 4) is 0 Å². The van der Waals surface area contributed by atoms with Crippen LogP contribution in [0.15, 0.2) is 0 Å². The average molecular weight is 186 g/mol. The number of amides is 2. The van der Waals surface area contributed by atoms with Crippen LogP contribution in [0.4, 0.5) is 4.79 Å². The summed E-state index contributed by atoms with van der Waals surface area (Å²) in [6.45, 7) is 5.22. The maximum Gasteiger partial charge on any atom is 0.314 e. The zero-order valence-corrected chi connectivity index (χ0v) is 8.23. The first-order valence-corrected chi connectivity index (χ1v) is 4.73. The van der Waals surface area contributed by atoms with Crippen molar-refractivity contribution in [2.75, 3.05) is 13.1 Å². The highest BCUT2D eigenvalue weighted by Crippen LogP contribution is 2.23. The van der Waals surface area contributed by atoms with Gasteiger partial charge in [0.2, 0.25) is 0 Å². The molecule has 13 heavy (non-hydrogen) atoms. The van der Waals surface area contributed by atoms with Gasteiger partial charge in [0.15, 0.2) is 0 Å². The van der Waals surface area contributed by atoms with Gasteiger partial charge in [0, 0.05) is 19.0 Å². The van der Waals surface area contributed by atoms with E-state index in [1.807, 2.05) is 0 Å². The Morgan fingerprint density at radius 1 is 1.62 bits per heavy atom. The number of nitrogens with two attached hydrogens (primary N) is 1. The van der Waals surface area contributed by atoms with E-state index in [2.05, 4.69) is 13.8 Å². The fraction of sp³-hybridized carbons (Fsp3) is 0.889. The smallest absolute Gasteiger partial charge is 0.314 e. The lowest BCUT2D eigenvalue weighted by molar-refractivity contribution is 0.132. The molecule has 0 aromatic heterocycles. The van der Waals surface area contributed by atoms with Crippen molar-refractivity contribution in [3.05, 3.63) is 0 Å². The molecule has 0 bridgehead atoms. The number of carbonyl (C=O) groups is 1. The Bertz CT molecular complexity index is 194. The van der Waals surface area contributed by atoms with Gasteiger partial charge < -0.3 is 15.7 Å². The summed E-state index contributed by atoms with van der Waals surface area (Å²) in [6, 6.07) is -0.426. The van der Waals surface area contributed by atoms with Gasteiger partial charge in [-0.2, -0.15) is 0 Å². The number of hydrogen-bond acceptors (Lipinski definition) is 2. The van der Waals surface area contributed by atoms with Crippen LogP contribution in [0.3, 0.4) is 0 Å². The van der Waals surface area contributed by atoms with Gasteiger partial charge >= 0.3 is 6.03 Å². The van der Waals surface area contributed by atoms with Gasteiger partial charge in [0.05, 0.1) is 6.10 Å². The molecule has 1 fully saturated rings. The van der Waals surface area contributed by atoms with Crippen LogP contribution >= 0.6 is 0 Å². The van der Waals surface area contributed by atoms with E-state index in [0.717, 1.165) is 6.42 Å². The second-order valence-corrected chi connectivity index (χ2v) is 4.20. The molecule has 76 valence electrons. The molecule has 4 heteroatoms. The summed E-state index contributed by atoms with van der Waals surface area (Å²) in [6.07, 6.45) is 0.556. The summed E-state index contributed by atoms with van der Waals surface area (Å²) in [4.78, 5) is 12.3. The Morgan fingerprint density at radius 2 is 2.23 bits per heavy atom. The number of rotatable bonds is 2. The molecule has 2 atom stereocenters. The number of likely N-dealkylation sites (tertiary alicyclic amines) is 1. The van der Waals surface area contributed by atoms with E-state index in [-0.39, 0.29) is 5.92 Å². The van der Waals surface area contributed by atoms with Gasteiger partial charge in [-0.1, -0.05) is 13.8 Å². The highest BCUT2D eigenvalue weighted by atomic mass is 16.3. The van der Waals surface area contributed by atoms with Crippen molar-refractivity contribution >= 4 is 6.03 Å². The summed E-state index contributed by atoms with van der Waals surface area (Å²) in [5, 5.41) is 9.61. The second-order valence-electron chi connectivity index (χ2n) is 4.20. The van der Waals surface area contributed by atoms with Gasteiger partial charge in [-0.05, 0) is 12.3 Å². The van der Waals surface area contributed by atoms with E-state index >= 15 is 0 Å². The molecule has 1 aliphatic heterocycles. The van der Waals surface area contributed by atoms with Crippen LogP contribution in [-0.4, -0.2) is 35.2 Å². The molecule has 0 radical (unpaired) electrons. The number of urea groups is 1. The third-order valence-electron chi connectivity index (χ3n) is 2.49. The van der Waals surface area contributed by atoms with E-state index in [0.29, 0.717) is 19.0 Å². The number of hydrogen-bond donors (Lipinski definition) is 2. The summed E-state index contributed by atoms with van der Waals surface area (Å²) in [5.41, 5.74) is 5.13. The first kappa shape index (κ1) is 10.3. The largest absolute Gasteiger partial charge is 0.391 e. The van der Waals surface area contributed by atoms with Gasteiger partial charge in [0.1, 0.15) is 0 Å². The Hall–Kier alpha value is -0.770. The molecule has 0 aromatic rings. The topological polar surface area (TPSA) is 66.6 Å². The highest BCUT2D eigenvalue weighted by molar-refractivity contribution is 5.72. The lowest BCUT2D eigenvalue weighted by Gasteiger charge is -2.15. The average Bonchev–Trinajstić information content (AvgIpc) is 2.31. The zero-order chi connectivity index (χ0) is 10.0. The molecule has 1 heterocycles. The molecule has 4 nitrogen and oxygen atoms in total. The van der Waals surface area contributed by atoms with Gasteiger partial charge in [0.25, 0.3) is 0 Å². The fourth-order valence-corrected chi connectivity index (χ4v) is 1.87. The van der Waals surface area contributed by atoms with Gasteiger partial charge in [-0.15, -0.1) is 0 Å². The third-order valence-corrected chi connectivity index (χ3v) is 2.49. The van der Waals surface area contributed by atoms with Crippen LogP contribution in [0.1, 0.15) is 20.3 Å². The summed E-state index contributed by atoms with van der Waals surface area (Å²) >= 11 is 0. The molecular weight excluding hydrogens is 168 g/mol. The molecule has 0 aromatic carbocycles. The second kappa shape index (κ2) is 3.96. The minimum absolute atomic E-state index is 0.201. The quantitative estimate of drug-likeness (QED) is 0.655. The molecule has 0 aliphatic carbocycles. The normalized spacial score (nSPS) is 28.5. The summed E-state index contributed by atoms with van der Waals surface area (Å²) < 4.78 is 0. The van der Waals surface area contributed by atoms with Crippen LogP contribution in [0.25, 0.3) is 0 Å². The van der Waals surface area contributed by atoms with Crippen LogP contribution in [0.2, 0.25) is 0 Å². The standard InChI is InChI=1S/C9H18N2O2/c1-6(2)3-7-4-11(9(10)13)5-8(7)12/h6-8,12H,3-5H2,1-2H3,(H2,10,13)/t7-,8-/m0/s1. The van der Waals surface area contributed by atoms with Crippen LogP contribution in [0.5, 0.6) is 0 Å². The molecular formula is C9H18N2O2. The van der Waals surface area contributed by atoms with E-state index < -0.39 is 12.1 Å². The summed E-state index contributed by atoms with van der Waals surface area (Å²) in [5.74, 6) is 0.750. The Balaban J connectivity index is 2.46. The molecule has 0 saturated carbocycles. The van der Waals surface area contributed by atoms with Gasteiger partial charge in [-0.3, -0.25) is 0 Å². The van der Waals surface area contributed by atoms with Crippen LogP contribution in [-0.2, 0) is 0 Å². The first-order chi connectivity index (χ1) is 6.00. The first-order valence-electron chi connectivity index (χ1n) is 4.73. The fourth-order valence-electron chi connectivity index (χ4n) is 1.87. The number of β-amino-alcohol motifs (C(OH)–C–C–N with tert-alkyl or cyclic N) is 1. The van der Waals surface area contributed by atoms with Gasteiger partial charge in [-0.25, -0.2) is 4.79 Å². The Kier molecular flexibility index (Phi) is 3.14. The molecule has 1 aliphatic rings. The van der Waals surface area contributed by atoms with Crippen molar-refractivity contribution in [3.63, 3.8) is 0 Å². The van der Waals surface area contributed by atoms with E-state index in [1.54, 1.807) is 0 Å². The number of primary amides is 1. The molecule has 2 amide bonds. The van der Waals surface area contributed by atoms with Crippen molar-refractivity contribution in [1.29, 1.82) is 0 Å². The Morgan fingerprint density at radius 3 is 2.62 bits per heavy atom. The summed E-state index contributed by atoms with van der Waals surface area (Å²) in [7, 11) is 0. The number of aliphatic hydroxyl groups excluding tert-OH is 1. The molecule has 0 spiro atoms. The zero-order valence-electron chi connectivity index (χ0n) is 8.23. The van der Waals surface area contributed by atoms with E-state index in [9.17, 15) is 9.90 Å². The van der Waals surface area contributed by atoms with Crippen molar-refractivity contribution in [2.24, 2.45) is 17.6 Å². The minimum Gasteiger partial charge on any atom is -0.391 e. The van der Waals surface area contributed by atoms with Crippen molar-refractivity contribution in [2.45, 2.75) is 26.4 Å².